The number of carbonyl (C=O) groups is 2. The molecule has 0 bridgehead atoms. The van der Waals surface area contributed by atoms with Gasteiger partial charge in [0.2, 0.25) is 0 Å². The average Bonchev–Trinajstić information content (AvgIpc) is 2.65. The molecule has 2 aromatic carbocycles. The van der Waals surface area contributed by atoms with E-state index in [0.717, 1.165) is 0 Å². The molecule has 1 atom stereocenters. The zero-order valence-corrected chi connectivity index (χ0v) is 16.5. The van der Waals surface area contributed by atoms with E-state index in [1.165, 1.54) is 39.2 Å². The normalized spacial score (nSPS) is 12.2. The van der Waals surface area contributed by atoms with Crippen LogP contribution in [0.25, 0.3) is 0 Å². The molecule has 3 N–H and O–H groups in total. The fourth-order valence-electron chi connectivity index (χ4n) is 2.50. The lowest BCUT2D eigenvalue weighted by atomic mass is 9.82. The van der Waals surface area contributed by atoms with Crippen molar-refractivity contribution in [3.63, 3.8) is 0 Å². The minimum absolute atomic E-state index is 0.0319. The van der Waals surface area contributed by atoms with E-state index >= 15 is 0 Å². The van der Waals surface area contributed by atoms with Crippen molar-refractivity contribution in [2.24, 2.45) is 5.41 Å². The first-order chi connectivity index (χ1) is 13.1. The van der Waals surface area contributed by atoms with E-state index in [-0.39, 0.29) is 5.75 Å². The summed E-state index contributed by atoms with van der Waals surface area (Å²) < 4.78 is 10.2. The van der Waals surface area contributed by atoms with Crippen molar-refractivity contribution in [2.75, 3.05) is 19.0 Å². The highest BCUT2D eigenvalue weighted by Gasteiger charge is 2.38. The Balaban J connectivity index is 2.00. The maximum Gasteiger partial charge on any atom is 0.315 e. The molecule has 0 unspecified atom stereocenters. The molecule has 0 aliphatic heterocycles. The molecular weight excluding hydrogens is 386 g/mol. The van der Waals surface area contributed by atoms with Crippen molar-refractivity contribution in [2.45, 2.75) is 20.0 Å². The molecule has 2 rings (SSSR count). The van der Waals surface area contributed by atoms with E-state index in [2.05, 4.69) is 5.32 Å². The van der Waals surface area contributed by atoms with Gasteiger partial charge in [0.15, 0.2) is 6.61 Å². The van der Waals surface area contributed by atoms with Crippen molar-refractivity contribution < 1.29 is 29.3 Å². The molecule has 0 heterocycles. The van der Waals surface area contributed by atoms with E-state index in [1.54, 1.807) is 24.3 Å². The number of amides is 1. The molecule has 0 spiro atoms. The van der Waals surface area contributed by atoms with Gasteiger partial charge in [-0.05, 0) is 49.7 Å². The molecule has 2 aromatic rings. The number of hydrogen-bond acceptors (Lipinski definition) is 6. The van der Waals surface area contributed by atoms with Crippen LogP contribution in [0.2, 0.25) is 5.02 Å². The van der Waals surface area contributed by atoms with Crippen LogP contribution in [0, 0.1) is 5.41 Å². The second kappa shape index (κ2) is 8.95. The number of aromatic hydroxyl groups is 1. The highest BCUT2D eigenvalue weighted by Crippen LogP contribution is 2.35. The Hall–Kier alpha value is -2.77. The Kier molecular flexibility index (Phi) is 6.88. The Bertz CT molecular complexity index is 868. The molecular formula is C20H22ClNO6. The van der Waals surface area contributed by atoms with E-state index in [0.29, 0.717) is 22.0 Å². The summed E-state index contributed by atoms with van der Waals surface area (Å²) in [5.74, 6) is -0.979. The molecule has 28 heavy (non-hydrogen) atoms. The van der Waals surface area contributed by atoms with E-state index in [1.807, 2.05) is 0 Å². The lowest BCUT2D eigenvalue weighted by Crippen LogP contribution is -2.35. The van der Waals surface area contributed by atoms with E-state index < -0.39 is 30.0 Å². The molecule has 8 heteroatoms. The van der Waals surface area contributed by atoms with Gasteiger partial charge in [-0.25, -0.2) is 0 Å². The van der Waals surface area contributed by atoms with Gasteiger partial charge >= 0.3 is 5.97 Å². The second-order valence-corrected chi connectivity index (χ2v) is 7.12. The number of aliphatic hydroxyl groups is 1. The molecule has 1 amide bonds. The van der Waals surface area contributed by atoms with Gasteiger partial charge < -0.3 is 25.0 Å². The van der Waals surface area contributed by atoms with Crippen LogP contribution in [0.4, 0.5) is 5.69 Å². The van der Waals surface area contributed by atoms with Crippen molar-refractivity contribution in [3.05, 3.63) is 53.1 Å². The van der Waals surface area contributed by atoms with Crippen LogP contribution in [0.3, 0.4) is 0 Å². The fraction of sp³-hybridized carbons (Fsp3) is 0.300. The number of ether oxygens (including phenoxy) is 2. The maximum absolute atomic E-state index is 12.4. The van der Waals surface area contributed by atoms with Crippen LogP contribution < -0.4 is 10.1 Å². The van der Waals surface area contributed by atoms with Crippen LogP contribution in [-0.4, -0.2) is 35.8 Å². The molecule has 0 aliphatic rings. The number of nitrogens with one attached hydrogen (secondary N) is 1. The third kappa shape index (κ3) is 5.15. The molecule has 7 nitrogen and oxygen atoms in total. The van der Waals surface area contributed by atoms with Gasteiger partial charge in [-0.3, -0.25) is 9.59 Å². The van der Waals surface area contributed by atoms with Gasteiger partial charge in [0.05, 0.1) is 24.3 Å². The van der Waals surface area contributed by atoms with Gasteiger partial charge in [0.25, 0.3) is 5.91 Å². The molecule has 0 aliphatic carbocycles. The minimum Gasteiger partial charge on any atom is -0.508 e. The minimum atomic E-state index is -1.35. The Morgan fingerprint density at radius 2 is 1.93 bits per heavy atom. The second-order valence-electron chi connectivity index (χ2n) is 6.69. The first kappa shape index (κ1) is 21.5. The van der Waals surface area contributed by atoms with E-state index in [9.17, 15) is 19.8 Å². The predicted octanol–water partition coefficient (Wildman–Crippen LogP) is 3.30. The van der Waals surface area contributed by atoms with Gasteiger partial charge in [-0.2, -0.15) is 0 Å². The number of benzene rings is 2. The Morgan fingerprint density at radius 1 is 1.21 bits per heavy atom. The summed E-state index contributed by atoms with van der Waals surface area (Å²) in [6, 6.07) is 10.7. The highest BCUT2D eigenvalue weighted by molar-refractivity contribution is 6.31. The molecule has 0 aromatic heterocycles. The van der Waals surface area contributed by atoms with E-state index in [4.69, 9.17) is 21.1 Å². The third-order valence-electron chi connectivity index (χ3n) is 4.17. The summed E-state index contributed by atoms with van der Waals surface area (Å²) in [7, 11) is 1.45. The van der Waals surface area contributed by atoms with Crippen LogP contribution in [-0.2, 0) is 14.3 Å². The summed E-state index contributed by atoms with van der Waals surface area (Å²) in [5, 5.41) is 23.0. The number of rotatable bonds is 7. The van der Waals surface area contributed by atoms with Gasteiger partial charge in [0.1, 0.15) is 11.5 Å². The van der Waals surface area contributed by atoms with Crippen molar-refractivity contribution in [1.29, 1.82) is 0 Å². The number of carbonyl (C=O) groups excluding carboxylic acids is 2. The number of phenolic OH excluding ortho intramolecular Hbond substituents is 1. The number of aliphatic hydroxyl groups excluding tert-OH is 1. The number of methoxy groups -OCH3 is 1. The summed E-state index contributed by atoms with van der Waals surface area (Å²) in [5.41, 5.74) is -0.646. The summed E-state index contributed by atoms with van der Waals surface area (Å²) in [6.45, 7) is 2.43. The summed E-state index contributed by atoms with van der Waals surface area (Å²) in [4.78, 5) is 24.6. The molecule has 0 saturated carbocycles. The first-order valence-electron chi connectivity index (χ1n) is 8.42. The largest absolute Gasteiger partial charge is 0.508 e. The maximum atomic E-state index is 12.4. The highest BCUT2D eigenvalue weighted by atomic mass is 35.5. The van der Waals surface area contributed by atoms with Crippen molar-refractivity contribution in [1.82, 2.24) is 0 Å². The lowest BCUT2D eigenvalue weighted by Gasteiger charge is -2.28. The monoisotopic (exact) mass is 407 g/mol. The van der Waals surface area contributed by atoms with Gasteiger partial charge in [-0.1, -0.05) is 23.7 Å². The SMILES string of the molecule is COc1ccc(Cl)cc1NC(=O)COC(=O)C(C)(C)[C@H](O)c1cccc(O)c1. The van der Waals surface area contributed by atoms with Crippen molar-refractivity contribution in [3.8, 4) is 11.5 Å². The zero-order chi connectivity index (χ0) is 20.9. The number of halogens is 1. The van der Waals surface area contributed by atoms with Crippen LogP contribution in [0.15, 0.2) is 42.5 Å². The number of phenols is 1. The van der Waals surface area contributed by atoms with Crippen LogP contribution >= 0.6 is 11.6 Å². The quantitative estimate of drug-likeness (QED) is 0.608. The molecule has 0 radical (unpaired) electrons. The van der Waals surface area contributed by atoms with Crippen LogP contribution in [0.5, 0.6) is 11.5 Å². The standard InChI is InChI=1S/C20H22ClNO6/c1-20(2,18(25)12-5-4-6-14(23)9-12)19(26)28-11-17(24)22-15-10-13(21)7-8-16(15)27-3/h4-10,18,23,25H,11H2,1-3H3,(H,22,24)/t18-/m1/s1. The Labute approximate surface area is 167 Å². The number of anilines is 1. The molecule has 0 saturated heterocycles. The zero-order valence-electron chi connectivity index (χ0n) is 15.7. The topological polar surface area (TPSA) is 105 Å². The number of esters is 1. The smallest absolute Gasteiger partial charge is 0.315 e. The molecule has 150 valence electrons. The summed E-state index contributed by atoms with van der Waals surface area (Å²) in [6.07, 6.45) is -1.23. The number of hydrogen-bond donors (Lipinski definition) is 3. The van der Waals surface area contributed by atoms with Gasteiger partial charge in [0, 0.05) is 5.02 Å². The predicted molar refractivity (Wildman–Crippen MR) is 104 cm³/mol. The fourth-order valence-corrected chi connectivity index (χ4v) is 2.68. The molecule has 0 fully saturated rings. The van der Waals surface area contributed by atoms with Crippen LogP contribution in [0.1, 0.15) is 25.5 Å². The lowest BCUT2D eigenvalue weighted by molar-refractivity contribution is -0.162. The van der Waals surface area contributed by atoms with Gasteiger partial charge in [-0.15, -0.1) is 0 Å². The third-order valence-corrected chi connectivity index (χ3v) is 4.40. The first-order valence-corrected chi connectivity index (χ1v) is 8.80. The Morgan fingerprint density at radius 3 is 2.57 bits per heavy atom. The average molecular weight is 408 g/mol. The van der Waals surface area contributed by atoms with Crippen molar-refractivity contribution >= 4 is 29.2 Å². The summed E-state index contributed by atoms with van der Waals surface area (Å²) >= 11 is 5.91.